The molecule has 1 aliphatic carbocycles. The van der Waals surface area contributed by atoms with Gasteiger partial charge in [-0.1, -0.05) is 13.8 Å². The van der Waals surface area contributed by atoms with Crippen molar-refractivity contribution in [1.82, 2.24) is 5.32 Å². The van der Waals surface area contributed by atoms with Crippen LogP contribution in [0.1, 0.15) is 20.3 Å². The van der Waals surface area contributed by atoms with E-state index in [1.54, 1.807) is 0 Å². The van der Waals surface area contributed by atoms with Crippen molar-refractivity contribution in [2.45, 2.75) is 26.3 Å². The van der Waals surface area contributed by atoms with Crippen LogP contribution in [0.4, 0.5) is 0 Å². The molecule has 54 valence electrons. The smallest absolute Gasteiger partial charge is 0.0556 e. The second-order valence-electron chi connectivity index (χ2n) is 3.42. The Labute approximate surface area is 56.3 Å². The molecule has 0 radical (unpaired) electrons. The zero-order chi connectivity index (χ0) is 6.91. The van der Waals surface area contributed by atoms with E-state index < -0.39 is 0 Å². The fourth-order valence-corrected chi connectivity index (χ4v) is 1.05. The second-order valence-corrected chi connectivity index (χ2v) is 3.42. The molecular weight excluding hydrogens is 114 g/mol. The maximum atomic E-state index is 8.45. The van der Waals surface area contributed by atoms with Crippen LogP contribution in [0.25, 0.3) is 0 Å². The Balaban J connectivity index is 2.06. The van der Waals surface area contributed by atoms with Crippen LogP contribution in [0.3, 0.4) is 0 Å². The predicted octanol–water partition coefficient (Wildman–Crippen LogP) is 0.367. The molecule has 1 unspecified atom stereocenters. The number of rotatable bonds is 3. The van der Waals surface area contributed by atoms with E-state index in [-0.39, 0.29) is 6.61 Å². The molecule has 2 nitrogen and oxygen atoms in total. The molecule has 0 aromatic rings. The average Bonchev–Trinajstić information content (AvgIpc) is 2.35. The van der Waals surface area contributed by atoms with Crippen molar-refractivity contribution in [2.75, 3.05) is 13.2 Å². The molecular formula is C7H15NO. The quantitative estimate of drug-likeness (QED) is 0.577. The van der Waals surface area contributed by atoms with Gasteiger partial charge in [-0.15, -0.1) is 0 Å². The van der Waals surface area contributed by atoms with Gasteiger partial charge in [-0.05, 0) is 11.8 Å². The molecule has 0 aliphatic heterocycles. The van der Waals surface area contributed by atoms with Gasteiger partial charge >= 0.3 is 0 Å². The number of aliphatic hydroxyl groups is 1. The first-order valence-corrected chi connectivity index (χ1v) is 3.51. The summed E-state index contributed by atoms with van der Waals surface area (Å²) in [5, 5.41) is 11.7. The Bertz CT molecular complexity index is 101. The summed E-state index contributed by atoms with van der Waals surface area (Å²) in [6.07, 6.45) is 1.26. The third-order valence-corrected chi connectivity index (χ3v) is 2.02. The molecule has 0 amide bonds. The lowest BCUT2D eigenvalue weighted by atomic mass is 10.2. The second kappa shape index (κ2) is 2.27. The van der Waals surface area contributed by atoms with Crippen molar-refractivity contribution in [3.8, 4) is 0 Å². The summed E-state index contributed by atoms with van der Waals surface area (Å²) in [5.41, 5.74) is 0.495. The van der Waals surface area contributed by atoms with Gasteiger partial charge in [0.05, 0.1) is 6.61 Å². The average molecular weight is 129 g/mol. The minimum absolute atomic E-state index is 0.257. The molecule has 0 saturated heterocycles. The first-order chi connectivity index (χ1) is 4.17. The fourth-order valence-electron chi connectivity index (χ4n) is 1.05. The summed E-state index contributed by atoms with van der Waals surface area (Å²) in [4.78, 5) is 0. The number of nitrogens with one attached hydrogen (secondary N) is 1. The van der Waals surface area contributed by atoms with Gasteiger partial charge in [0.2, 0.25) is 0 Å². The van der Waals surface area contributed by atoms with Crippen molar-refractivity contribution in [1.29, 1.82) is 0 Å². The molecule has 1 rings (SSSR count). The molecule has 2 N–H and O–H groups in total. The van der Waals surface area contributed by atoms with Crippen molar-refractivity contribution < 1.29 is 5.11 Å². The predicted molar refractivity (Wildman–Crippen MR) is 37.3 cm³/mol. The molecule has 0 heterocycles. The van der Waals surface area contributed by atoms with Crippen LogP contribution in [-0.4, -0.2) is 24.3 Å². The van der Waals surface area contributed by atoms with E-state index in [2.05, 4.69) is 19.2 Å². The van der Waals surface area contributed by atoms with Crippen LogP contribution in [-0.2, 0) is 0 Å². The highest BCUT2D eigenvalue weighted by Crippen LogP contribution is 2.44. The molecule has 0 aromatic carbocycles. The lowest BCUT2D eigenvalue weighted by molar-refractivity contribution is 0.289. The van der Waals surface area contributed by atoms with Gasteiger partial charge in [0.15, 0.2) is 0 Å². The summed E-state index contributed by atoms with van der Waals surface area (Å²) in [5.74, 6) is 0. The number of aliphatic hydroxyl groups excluding tert-OH is 1. The van der Waals surface area contributed by atoms with E-state index in [4.69, 9.17) is 5.11 Å². The number of hydrogen-bond acceptors (Lipinski definition) is 2. The lowest BCUT2D eigenvalue weighted by Gasteiger charge is -2.02. The summed E-state index contributed by atoms with van der Waals surface area (Å²) in [6.45, 7) is 5.48. The van der Waals surface area contributed by atoms with Gasteiger partial charge in [-0.2, -0.15) is 0 Å². The molecule has 1 aliphatic rings. The van der Waals surface area contributed by atoms with E-state index in [1.165, 1.54) is 6.42 Å². The molecule has 1 atom stereocenters. The van der Waals surface area contributed by atoms with Crippen LogP contribution in [0.15, 0.2) is 0 Å². The molecule has 0 aromatic heterocycles. The Morgan fingerprint density at radius 1 is 1.67 bits per heavy atom. The largest absolute Gasteiger partial charge is 0.395 e. The Kier molecular flexibility index (Phi) is 1.78. The van der Waals surface area contributed by atoms with Gasteiger partial charge < -0.3 is 10.4 Å². The van der Waals surface area contributed by atoms with E-state index in [0.717, 1.165) is 6.54 Å². The fraction of sp³-hybridized carbons (Fsp3) is 1.00. The van der Waals surface area contributed by atoms with E-state index >= 15 is 0 Å². The zero-order valence-electron chi connectivity index (χ0n) is 6.15. The maximum absolute atomic E-state index is 8.45. The van der Waals surface area contributed by atoms with E-state index in [0.29, 0.717) is 11.5 Å². The monoisotopic (exact) mass is 129 g/mol. The highest BCUT2D eigenvalue weighted by Gasteiger charge is 2.44. The van der Waals surface area contributed by atoms with Crippen LogP contribution >= 0.6 is 0 Å². The minimum Gasteiger partial charge on any atom is -0.395 e. The van der Waals surface area contributed by atoms with Crippen molar-refractivity contribution >= 4 is 0 Å². The van der Waals surface area contributed by atoms with Crippen molar-refractivity contribution in [3.63, 3.8) is 0 Å². The van der Waals surface area contributed by atoms with Crippen molar-refractivity contribution in [3.05, 3.63) is 0 Å². The van der Waals surface area contributed by atoms with Crippen LogP contribution in [0, 0.1) is 5.41 Å². The van der Waals surface area contributed by atoms with Crippen LogP contribution in [0.5, 0.6) is 0 Å². The Morgan fingerprint density at radius 2 is 2.22 bits per heavy atom. The van der Waals surface area contributed by atoms with Gasteiger partial charge in [0.1, 0.15) is 0 Å². The molecule has 2 heteroatoms. The summed E-state index contributed by atoms with van der Waals surface area (Å²) >= 11 is 0. The first kappa shape index (κ1) is 7.03. The third kappa shape index (κ3) is 1.66. The van der Waals surface area contributed by atoms with Gasteiger partial charge in [-0.3, -0.25) is 0 Å². The SMILES string of the molecule is CC1(C)CC1NCCO. The van der Waals surface area contributed by atoms with E-state index in [9.17, 15) is 0 Å². The molecule has 1 saturated carbocycles. The first-order valence-electron chi connectivity index (χ1n) is 3.51. The third-order valence-electron chi connectivity index (χ3n) is 2.02. The van der Waals surface area contributed by atoms with Crippen molar-refractivity contribution in [2.24, 2.45) is 5.41 Å². The summed E-state index contributed by atoms with van der Waals surface area (Å²) in [7, 11) is 0. The standard InChI is InChI=1S/C7H15NO/c1-7(2)5-6(7)8-3-4-9/h6,8-9H,3-5H2,1-2H3. The van der Waals surface area contributed by atoms with Crippen LogP contribution in [0.2, 0.25) is 0 Å². The summed E-state index contributed by atoms with van der Waals surface area (Å²) < 4.78 is 0. The minimum atomic E-state index is 0.257. The molecule has 1 fully saturated rings. The highest BCUT2D eigenvalue weighted by molar-refractivity contribution is 5.01. The maximum Gasteiger partial charge on any atom is 0.0556 e. The normalized spacial score (nSPS) is 30.3. The van der Waals surface area contributed by atoms with Gasteiger partial charge in [0.25, 0.3) is 0 Å². The zero-order valence-corrected chi connectivity index (χ0v) is 6.15. The number of hydrogen-bond donors (Lipinski definition) is 2. The van der Waals surface area contributed by atoms with E-state index in [1.807, 2.05) is 0 Å². The topological polar surface area (TPSA) is 32.3 Å². The molecule has 0 spiro atoms. The molecule has 9 heavy (non-hydrogen) atoms. The summed E-state index contributed by atoms with van der Waals surface area (Å²) in [6, 6.07) is 0.657. The Hall–Kier alpha value is -0.0800. The van der Waals surface area contributed by atoms with Gasteiger partial charge in [0, 0.05) is 12.6 Å². The van der Waals surface area contributed by atoms with Gasteiger partial charge in [-0.25, -0.2) is 0 Å². The van der Waals surface area contributed by atoms with Crippen LogP contribution < -0.4 is 5.32 Å². The highest BCUT2D eigenvalue weighted by atomic mass is 16.3. The lowest BCUT2D eigenvalue weighted by Crippen LogP contribution is -2.23. The Morgan fingerprint density at radius 3 is 2.56 bits per heavy atom. The molecule has 0 bridgehead atoms.